The van der Waals surface area contributed by atoms with Crippen molar-refractivity contribution in [1.29, 1.82) is 0 Å². The molecule has 0 radical (unpaired) electrons. The number of hydrogen-bond donors (Lipinski definition) is 0. The van der Waals surface area contributed by atoms with Gasteiger partial charge < -0.3 is 18.9 Å². The average molecular weight is 567 g/mol. The number of carbonyl (C=O) groups is 4. The van der Waals surface area contributed by atoms with Gasteiger partial charge in [0.1, 0.15) is 13.3 Å². The fourth-order valence-electron chi connectivity index (χ4n) is 3.62. The molecule has 0 aromatic carbocycles. The summed E-state index contributed by atoms with van der Waals surface area (Å²) in [6.45, 7) is 11.1. The van der Waals surface area contributed by atoms with Crippen LogP contribution in [0.5, 0.6) is 0 Å². The first-order valence-electron chi connectivity index (χ1n) is 11.9. The first-order valence-corrected chi connectivity index (χ1v) is 11.9. The molecule has 226 valence electrons. The van der Waals surface area contributed by atoms with Gasteiger partial charge in [0.25, 0.3) is 0 Å². The molecule has 0 saturated carbocycles. The van der Waals surface area contributed by atoms with Gasteiger partial charge in [0.2, 0.25) is 0 Å². The maximum Gasteiger partial charge on any atom is 0.559 e. The molecule has 2 atom stereocenters. The van der Waals surface area contributed by atoms with Crippen molar-refractivity contribution < 1.29 is 60.1 Å². The summed E-state index contributed by atoms with van der Waals surface area (Å²) in [5.41, 5.74) is -3.08. The number of rotatable bonds is 12. The Bertz CT molecular complexity index is 732. The van der Waals surface area contributed by atoms with Crippen molar-refractivity contribution in [2.45, 2.75) is 80.6 Å². The molecule has 38 heavy (non-hydrogen) atoms. The van der Waals surface area contributed by atoms with Crippen LogP contribution in [-0.4, -0.2) is 64.9 Å². The van der Waals surface area contributed by atoms with E-state index in [-0.39, 0.29) is 31.3 Å². The molecule has 8 nitrogen and oxygen atoms in total. The highest BCUT2D eigenvalue weighted by atomic mass is 19.5. The lowest BCUT2D eigenvalue weighted by Gasteiger charge is -2.40. The van der Waals surface area contributed by atoms with Gasteiger partial charge in [-0.05, 0) is 53.4 Å². The predicted molar refractivity (Wildman–Crippen MR) is 129 cm³/mol. The molecule has 2 unspecified atom stereocenters. The van der Waals surface area contributed by atoms with Crippen molar-refractivity contribution in [3.63, 3.8) is 0 Å². The highest BCUT2D eigenvalue weighted by Gasteiger charge is 2.50. The van der Waals surface area contributed by atoms with Crippen LogP contribution in [0, 0.1) is 22.2 Å². The maximum atomic E-state index is 12.6. The summed E-state index contributed by atoms with van der Waals surface area (Å²) >= 11 is 0. The zero-order valence-corrected chi connectivity index (χ0v) is 24.0. The first kappa shape index (κ1) is 40.0. The summed E-state index contributed by atoms with van der Waals surface area (Å²) in [7, 11) is 3.97. The standard InChI is InChI=1S/C18H31FO6.C6H12O2.CF4/c1-8-18(15(22)24-7,11-16(2,3)13(20)23-6)12-17(4,5)14(21)25-10-9-19;1-4-5(2)6(7)8-3;2-1(3,4)5/h8-12H2,1-7H3;5H,4H2,1-3H3;. The van der Waals surface area contributed by atoms with Crippen molar-refractivity contribution in [3.8, 4) is 0 Å². The van der Waals surface area contributed by atoms with Crippen LogP contribution in [0.3, 0.4) is 0 Å². The number of methoxy groups -OCH3 is 3. The summed E-state index contributed by atoms with van der Waals surface area (Å²) < 4.78 is 70.2. The van der Waals surface area contributed by atoms with Gasteiger partial charge in [0.05, 0.1) is 43.5 Å². The lowest BCUT2D eigenvalue weighted by molar-refractivity contribution is -0.237. The van der Waals surface area contributed by atoms with E-state index in [4.69, 9.17) is 14.2 Å². The van der Waals surface area contributed by atoms with Crippen molar-refractivity contribution in [2.24, 2.45) is 22.2 Å². The third-order valence-electron chi connectivity index (χ3n) is 5.67. The zero-order valence-electron chi connectivity index (χ0n) is 24.0. The summed E-state index contributed by atoms with van der Waals surface area (Å²) in [5, 5.41) is 0. The van der Waals surface area contributed by atoms with Crippen molar-refractivity contribution in [2.75, 3.05) is 34.6 Å². The summed E-state index contributed by atoms with van der Waals surface area (Å²) in [5.74, 6) is -1.61. The molecular formula is C25H43F5O8. The van der Waals surface area contributed by atoms with Crippen LogP contribution >= 0.6 is 0 Å². The molecule has 0 N–H and O–H groups in total. The van der Waals surface area contributed by atoms with Crippen LogP contribution in [0.1, 0.15) is 74.1 Å². The van der Waals surface area contributed by atoms with Crippen LogP contribution in [0.25, 0.3) is 0 Å². The Morgan fingerprint density at radius 1 is 0.737 bits per heavy atom. The lowest BCUT2D eigenvalue weighted by atomic mass is 9.64. The monoisotopic (exact) mass is 566 g/mol. The molecule has 0 rings (SSSR count). The van der Waals surface area contributed by atoms with Crippen molar-refractivity contribution in [3.05, 3.63) is 0 Å². The van der Waals surface area contributed by atoms with E-state index in [0.717, 1.165) is 6.42 Å². The third-order valence-corrected chi connectivity index (χ3v) is 5.67. The Morgan fingerprint density at radius 3 is 1.39 bits per heavy atom. The third kappa shape index (κ3) is 16.4. The molecule has 0 aromatic heterocycles. The minimum absolute atomic E-state index is 0.0556. The second-order valence-corrected chi connectivity index (χ2v) is 9.82. The molecule has 0 amide bonds. The minimum atomic E-state index is -5.50. The molecule has 0 fully saturated rings. The number of esters is 4. The van der Waals surface area contributed by atoms with Crippen LogP contribution in [0.4, 0.5) is 22.0 Å². The Kier molecular flexibility index (Phi) is 18.9. The Morgan fingerprint density at radius 2 is 1.13 bits per heavy atom. The molecule has 0 aliphatic rings. The lowest BCUT2D eigenvalue weighted by Crippen LogP contribution is -2.44. The van der Waals surface area contributed by atoms with Gasteiger partial charge in [-0.3, -0.25) is 19.2 Å². The number of alkyl halides is 5. The van der Waals surface area contributed by atoms with Crippen molar-refractivity contribution in [1.82, 2.24) is 0 Å². The second-order valence-electron chi connectivity index (χ2n) is 9.82. The average Bonchev–Trinajstić information content (AvgIpc) is 2.83. The van der Waals surface area contributed by atoms with Gasteiger partial charge in [-0.2, -0.15) is 0 Å². The van der Waals surface area contributed by atoms with E-state index in [2.05, 4.69) is 4.74 Å². The topological polar surface area (TPSA) is 105 Å². The maximum absolute atomic E-state index is 12.6. The SMILES string of the molecule is CCC(C)C(=O)OC.CCC(CC(C)(C)C(=O)OC)(CC(C)(C)C(=O)OCCF)C(=O)OC.FC(F)(F)F. The molecule has 0 heterocycles. The number of carbonyl (C=O) groups excluding carboxylic acids is 4. The molecule has 0 saturated heterocycles. The van der Waals surface area contributed by atoms with E-state index >= 15 is 0 Å². The van der Waals surface area contributed by atoms with E-state index in [1.807, 2.05) is 13.8 Å². The van der Waals surface area contributed by atoms with Gasteiger partial charge in [-0.25, -0.2) is 4.39 Å². The smallest absolute Gasteiger partial charge is 0.469 e. The normalized spacial score (nSPS) is 13.8. The van der Waals surface area contributed by atoms with Crippen LogP contribution in [0.15, 0.2) is 0 Å². The summed E-state index contributed by atoms with van der Waals surface area (Å²) in [4.78, 5) is 47.4. The highest BCUT2D eigenvalue weighted by molar-refractivity contribution is 5.82. The molecule has 0 aromatic rings. The van der Waals surface area contributed by atoms with E-state index < -0.39 is 47.3 Å². The van der Waals surface area contributed by atoms with Gasteiger partial charge in [0.15, 0.2) is 0 Å². The predicted octanol–water partition coefficient (Wildman–Crippen LogP) is 5.76. The Labute approximate surface area is 221 Å². The molecule has 0 spiro atoms. The molecule has 0 aliphatic heterocycles. The quantitative estimate of drug-likeness (QED) is 0.167. The van der Waals surface area contributed by atoms with E-state index in [1.54, 1.807) is 34.6 Å². The van der Waals surface area contributed by atoms with Gasteiger partial charge in [-0.1, -0.05) is 20.8 Å². The van der Waals surface area contributed by atoms with E-state index in [1.165, 1.54) is 21.3 Å². The number of ether oxygens (including phenoxy) is 4. The van der Waals surface area contributed by atoms with E-state index in [9.17, 15) is 41.1 Å². The number of halogens is 5. The van der Waals surface area contributed by atoms with Gasteiger partial charge in [-0.15, -0.1) is 17.6 Å². The highest BCUT2D eigenvalue weighted by Crippen LogP contribution is 2.46. The first-order chi connectivity index (χ1) is 17.1. The van der Waals surface area contributed by atoms with Crippen molar-refractivity contribution >= 4 is 23.9 Å². The molecule has 0 aliphatic carbocycles. The molecule has 0 bridgehead atoms. The zero-order chi connectivity index (χ0) is 31.0. The number of hydrogen-bond acceptors (Lipinski definition) is 8. The largest absolute Gasteiger partial charge is 0.559 e. The minimum Gasteiger partial charge on any atom is -0.469 e. The van der Waals surface area contributed by atoms with Crippen LogP contribution in [0.2, 0.25) is 0 Å². The van der Waals surface area contributed by atoms with E-state index in [0.29, 0.717) is 6.42 Å². The molecule has 13 heteroatoms. The Balaban J connectivity index is -0.000000770. The van der Waals surface area contributed by atoms with Crippen LogP contribution < -0.4 is 0 Å². The Hall–Kier alpha value is -2.47. The van der Waals surface area contributed by atoms with Gasteiger partial charge in [0, 0.05) is 0 Å². The fraction of sp³-hybridized carbons (Fsp3) is 0.840. The van der Waals surface area contributed by atoms with Crippen LogP contribution in [-0.2, 0) is 38.1 Å². The summed E-state index contributed by atoms with van der Waals surface area (Å²) in [6, 6.07) is 0. The molecular weight excluding hydrogens is 523 g/mol. The second kappa shape index (κ2) is 17.9. The fourth-order valence-corrected chi connectivity index (χ4v) is 3.62. The summed E-state index contributed by atoms with van der Waals surface area (Å²) in [6.07, 6.45) is -4.03. The van der Waals surface area contributed by atoms with Gasteiger partial charge >= 0.3 is 30.3 Å².